The number of rotatable bonds is 14. The zero-order chi connectivity index (χ0) is 25.8. The van der Waals surface area contributed by atoms with Crippen LogP contribution in [0.1, 0.15) is 30.0 Å². The molecule has 0 spiro atoms. The summed E-state index contributed by atoms with van der Waals surface area (Å²) in [5, 5.41) is 23.8. The molecule has 0 saturated carbocycles. The zero-order valence-corrected chi connectivity index (χ0v) is 21.1. The number of hydrogen-bond acceptors (Lipinski definition) is 7. The average molecular weight is 496 g/mol. The monoisotopic (exact) mass is 495 g/mol. The van der Waals surface area contributed by atoms with Crippen molar-refractivity contribution in [2.24, 2.45) is 5.92 Å². The first-order valence-electron chi connectivity index (χ1n) is 12.3. The Labute approximate surface area is 213 Å². The average Bonchev–Trinajstić information content (AvgIpc) is 2.86. The molecule has 36 heavy (non-hydrogen) atoms. The van der Waals surface area contributed by atoms with E-state index in [0.29, 0.717) is 26.2 Å². The molecule has 1 unspecified atom stereocenters. The van der Waals surface area contributed by atoms with Gasteiger partial charge in [-0.25, -0.2) is 0 Å². The topological polar surface area (TPSA) is 97.3 Å². The number of esters is 1. The molecule has 0 aromatic heterocycles. The summed E-state index contributed by atoms with van der Waals surface area (Å²) in [5.74, 6) is -2.18. The van der Waals surface area contributed by atoms with Crippen molar-refractivity contribution in [1.82, 2.24) is 5.32 Å². The molecule has 0 aliphatic heterocycles. The van der Waals surface area contributed by atoms with Gasteiger partial charge in [0.25, 0.3) is 0 Å². The van der Waals surface area contributed by atoms with Crippen LogP contribution in [0.3, 0.4) is 0 Å². The van der Waals surface area contributed by atoms with Gasteiger partial charge < -0.3 is 29.7 Å². The normalized spacial score (nSPS) is 19.1. The van der Waals surface area contributed by atoms with Gasteiger partial charge in [0.15, 0.2) is 0 Å². The highest BCUT2D eigenvalue weighted by Crippen LogP contribution is 2.32. The van der Waals surface area contributed by atoms with Crippen LogP contribution in [0.2, 0.25) is 0 Å². The number of hydrogen-bond donors (Lipinski definition) is 3. The van der Waals surface area contributed by atoms with E-state index < -0.39 is 17.7 Å². The zero-order valence-electron chi connectivity index (χ0n) is 21.1. The van der Waals surface area contributed by atoms with Crippen molar-refractivity contribution in [1.29, 1.82) is 0 Å². The van der Waals surface area contributed by atoms with E-state index in [2.05, 4.69) is 35.6 Å². The molecule has 0 saturated heterocycles. The summed E-state index contributed by atoms with van der Waals surface area (Å²) < 4.78 is 16.4. The Morgan fingerprint density at radius 1 is 1.06 bits per heavy atom. The lowest BCUT2D eigenvalue weighted by molar-refractivity contribution is -0.205. The molecule has 0 radical (unpaired) electrons. The lowest BCUT2D eigenvalue weighted by Crippen LogP contribution is -2.44. The van der Waals surface area contributed by atoms with E-state index in [0.717, 1.165) is 41.8 Å². The predicted molar refractivity (Wildman–Crippen MR) is 139 cm³/mol. The quantitative estimate of drug-likeness (QED) is 0.210. The number of allylic oxidation sites excluding steroid dienone is 2. The second-order valence-electron chi connectivity index (χ2n) is 8.87. The first-order valence-corrected chi connectivity index (χ1v) is 12.3. The first kappa shape index (κ1) is 27.6. The molecule has 2 aromatic carbocycles. The van der Waals surface area contributed by atoms with Crippen LogP contribution in [0.5, 0.6) is 5.75 Å². The van der Waals surface area contributed by atoms with Gasteiger partial charge >= 0.3 is 5.97 Å². The van der Waals surface area contributed by atoms with Crippen LogP contribution in [0.25, 0.3) is 0 Å². The third-order valence-corrected chi connectivity index (χ3v) is 6.23. The Balaban J connectivity index is 1.38. The molecular formula is C29H37NO6. The van der Waals surface area contributed by atoms with E-state index >= 15 is 0 Å². The number of carbonyl (C=O) groups is 1. The summed E-state index contributed by atoms with van der Waals surface area (Å²) in [6.07, 6.45) is 7.22. The molecule has 1 aliphatic carbocycles. The highest BCUT2D eigenvalue weighted by molar-refractivity contribution is 5.67. The van der Waals surface area contributed by atoms with Gasteiger partial charge in [0.05, 0.1) is 32.8 Å². The maximum absolute atomic E-state index is 11.4. The van der Waals surface area contributed by atoms with Crippen LogP contribution in [0, 0.1) is 5.92 Å². The molecule has 2 aromatic rings. The summed E-state index contributed by atoms with van der Waals surface area (Å²) >= 11 is 0. The molecule has 3 rings (SSSR count). The van der Waals surface area contributed by atoms with Crippen molar-refractivity contribution in [3.8, 4) is 5.75 Å². The first-order chi connectivity index (χ1) is 17.4. The molecule has 0 bridgehead atoms. The molecule has 194 valence electrons. The van der Waals surface area contributed by atoms with Crippen LogP contribution in [0.4, 0.5) is 0 Å². The molecule has 0 heterocycles. The number of carbonyl (C=O) groups excluding carboxylic acids is 1. The number of aliphatic hydroxyl groups is 2. The SMILES string of the molecule is COc1ccccc1CCOCc1cccc(CCNCCC2=CC=C[C@@](O)(OC(C)=O)C2CO)c1. The van der Waals surface area contributed by atoms with Gasteiger partial charge in [0.2, 0.25) is 5.79 Å². The maximum Gasteiger partial charge on any atom is 0.305 e. The van der Waals surface area contributed by atoms with Crippen molar-refractivity contribution in [3.05, 3.63) is 89.0 Å². The van der Waals surface area contributed by atoms with Crippen LogP contribution >= 0.6 is 0 Å². The van der Waals surface area contributed by atoms with E-state index in [9.17, 15) is 15.0 Å². The Morgan fingerprint density at radius 2 is 1.83 bits per heavy atom. The van der Waals surface area contributed by atoms with Gasteiger partial charge in [-0.05, 0) is 61.2 Å². The van der Waals surface area contributed by atoms with Gasteiger partial charge in [0.1, 0.15) is 5.75 Å². The Bertz CT molecular complexity index is 1050. The standard InChI is InChI=1S/C29H37NO6/c1-22(32)36-29(33)15-6-10-25(27(29)20-31)13-17-30-16-12-23-7-5-8-24(19-23)21-35-18-14-26-9-3-4-11-28(26)34-2/h3-11,15,19,27,30-31,33H,12-14,16-18,20-21H2,1-2H3/t27?,29-/m1/s1. The minimum atomic E-state index is -1.81. The summed E-state index contributed by atoms with van der Waals surface area (Å²) in [4.78, 5) is 11.4. The number of nitrogens with one attached hydrogen (secondary N) is 1. The van der Waals surface area contributed by atoms with Crippen molar-refractivity contribution in [3.63, 3.8) is 0 Å². The number of methoxy groups -OCH3 is 1. The summed E-state index contributed by atoms with van der Waals surface area (Å²) in [6.45, 7) is 3.58. The molecule has 0 fully saturated rings. The number of benzene rings is 2. The largest absolute Gasteiger partial charge is 0.496 e. The van der Waals surface area contributed by atoms with Crippen molar-refractivity contribution in [2.75, 3.05) is 33.4 Å². The molecular weight excluding hydrogens is 458 g/mol. The predicted octanol–water partition coefficient (Wildman–Crippen LogP) is 3.33. The summed E-state index contributed by atoms with van der Waals surface area (Å²) in [6, 6.07) is 16.4. The molecule has 7 nitrogen and oxygen atoms in total. The van der Waals surface area contributed by atoms with Gasteiger partial charge in [-0.15, -0.1) is 0 Å². The summed E-state index contributed by atoms with van der Waals surface area (Å²) in [5.41, 5.74) is 4.34. The Kier molecular flexibility index (Phi) is 10.7. The number of ether oxygens (including phenoxy) is 3. The molecule has 1 aliphatic rings. The third-order valence-electron chi connectivity index (χ3n) is 6.23. The highest BCUT2D eigenvalue weighted by Gasteiger charge is 2.40. The minimum Gasteiger partial charge on any atom is -0.496 e. The van der Waals surface area contributed by atoms with Crippen molar-refractivity contribution >= 4 is 5.97 Å². The Morgan fingerprint density at radius 3 is 2.61 bits per heavy atom. The molecule has 7 heteroatoms. The van der Waals surface area contributed by atoms with E-state index in [1.807, 2.05) is 24.3 Å². The number of para-hydroxylation sites is 1. The molecule has 0 amide bonds. The van der Waals surface area contributed by atoms with E-state index in [1.165, 1.54) is 18.6 Å². The van der Waals surface area contributed by atoms with Gasteiger partial charge in [-0.2, -0.15) is 0 Å². The fraction of sp³-hybridized carbons (Fsp3) is 0.414. The second kappa shape index (κ2) is 13.9. The van der Waals surface area contributed by atoms with E-state index in [1.54, 1.807) is 13.2 Å². The number of aliphatic hydroxyl groups excluding tert-OH is 1. The van der Waals surface area contributed by atoms with E-state index in [-0.39, 0.29) is 6.61 Å². The lowest BCUT2D eigenvalue weighted by Gasteiger charge is -2.35. The third kappa shape index (κ3) is 8.03. The molecule has 2 atom stereocenters. The smallest absolute Gasteiger partial charge is 0.305 e. The van der Waals surface area contributed by atoms with Gasteiger partial charge in [-0.1, -0.05) is 60.2 Å². The van der Waals surface area contributed by atoms with Crippen LogP contribution in [-0.4, -0.2) is 55.4 Å². The van der Waals surface area contributed by atoms with E-state index in [4.69, 9.17) is 14.2 Å². The maximum atomic E-state index is 11.4. The van der Waals surface area contributed by atoms with Crippen molar-refractivity contribution in [2.45, 2.75) is 38.6 Å². The molecule has 3 N–H and O–H groups in total. The summed E-state index contributed by atoms with van der Waals surface area (Å²) in [7, 11) is 1.68. The Hall–Kier alpha value is -2.97. The van der Waals surface area contributed by atoms with Crippen LogP contribution in [0.15, 0.2) is 72.3 Å². The van der Waals surface area contributed by atoms with Gasteiger partial charge in [0, 0.05) is 6.92 Å². The lowest BCUT2D eigenvalue weighted by atomic mass is 9.85. The van der Waals surface area contributed by atoms with Crippen molar-refractivity contribution < 1.29 is 29.2 Å². The fourth-order valence-electron chi connectivity index (χ4n) is 4.40. The van der Waals surface area contributed by atoms with Crippen LogP contribution < -0.4 is 10.1 Å². The van der Waals surface area contributed by atoms with Gasteiger partial charge in [-0.3, -0.25) is 4.79 Å². The second-order valence-corrected chi connectivity index (χ2v) is 8.87. The fourth-order valence-corrected chi connectivity index (χ4v) is 4.40. The highest BCUT2D eigenvalue weighted by atomic mass is 16.7. The minimum absolute atomic E-state index is 0.312. The van der Waals surface area contributed by atoms with Crippen LogP contribution in [-0.2, 0) is 33.7 Å².